The summed E-state index contributed by atoms with van der Waals surface area (Å²) >= 11 is 0. The number of nitro benzene ring substituents is 1. The topological polar surface area (TPSA) is 99.2 Å². The number of aryl methyl sites for hydroxylation is 1. The number of rotatable bonds is 6. The number of likely N-dealkylation sites (N-methyl/N-ethyl adjacent to an activating group) is 1. The minimum atomic E-state index is -0.547. The van der Waals surface area contributed by atoms with Crippen LogP contribution in [0.5, 0.6) is 11.5 Å². The molecule has 0 aliphatic carbocycles. The van der Waals surface area contributed by atoms with Crippen molar-refractivity contribution in [2.24, 2.45) is 0 Å². The molecule has 2 aromatic carbocycles. The molecule has 35 heavy (non-hydrogen) atoms. The second kappa shape index (κ2) is 9.38. The van der Waals surface area contributed by atoms with Crippen LogP contribution in [0.2, 0.25) is 0 Å². The molecule has 0 radical (unpaired) electrons. The Morgan fingerprint density at radius 3 is 2.83 bits per heavy atom. The summed E-state index contributed by atoms with van der Waals surface area (Å²) in [6.07, 6.45) is 3.55. The van der Waals surface area contributed by atoms with E-state index in [-0.39, 0.29) is 23.2 Å². The highest BCUT2D eigenvalue weighted by Gasteiger charge is 2.27. The lowest BCUT2D eigenvalue weighted by molar-refractivity contribution is -0.385. The number of likely N-dealkylation sites (tertiary alicyclic amines) is 1. The van der Waals surface area contributed by atoms with Crippen LogP contribution in [-0.4, -0.2) is 49.2 Å². The summed E-state index contributed by atoms with van der Waals surface area (Å²) < 4.78 is 23.0. The first-order valence-electron chi connectivity index (χ1n) is 11.6. The SMILES string of the molecule is CCN1CCCC(n2nc(-c3ccc(Oc4ccccc4[N+](=O)[O-])cc3F)c3c(C)ncnc32)C1. The molecule has 1 aliphatic heterocycles. The average molecular weight is 477 g/mol. The monoisotopic (exact) mass is 476 g/mol. The van der Waals surface area contributed by atoms with E-state index >= 15 is 4.39 Å². The van der Waals surface area contributed by atoms with Crippen LogP contribution in [0, 0.1) is 22.9 Å². The van der Waals surface area contributed by atoms with E-state index in [2.05, 4.69) is 21.8 Å². The Morgan fingerprint density at radius 2 is 2.06 bits per heavy atom. The molecule has 2 aromatic heterocycles. The second-order valence-corrected chi connectivity index (χ2v) is 8.61. The Kier molecular flexibility index (Phi) is 6.12. The van der Waals surface area contributed by atoms with Crippen LogP contribution in [0.3, 0.4) is 0 Å². The van der Waals surface area contributed by atoms with Gasteiger partial charge >= 0.3 is 5.69 Å². The number of piperidine rings is 1. The zero-order valence-corrected chi connectivity index (χ0v) is 19.5. The number of para-hydroxylation sites is 2. The highest BCUT2D eigenvalue weighted by atomic mass is 19.1. The van der Waals surface area contributed by atoms with Gasteiger partial charge in [0.15, 0.2) is 5.65 Å². The predicted molar refractivity (Wildman–Crippen MR) is 129 cm³/mol. The first-order valence-corrected chi connectivity index (χ1v) is 11.6. The van der Waals surface area contributed by atoms with E-state index in [9.17, 15) is 10.1 Å². The van der Waals surface area contributed by atoms with Crippen molar-refractivity contribution in [3.63, 3.8) is 0 Å². The fourth-order valence-corrected chi connectivity index (χ4v) is 4.65. The van der Waals surface area contributed by atoms with E-state index in [1.807, 2.05) is 11.6 Å². The van der Waals surface area contributed by atoms with Gasteiger partial charge in [-0.15, -0.1) is 0 Å². The minimum Gasteiger partial charge on any atom is -0.450 e. The quantitative estimate of drug-likeness (QED) is 0.275. The average Bonchev–Trinajstić information content (AvgIpc) is 3.25. The van der Waals surface area contributed by atoms with Gasteiger partial charge in [0.05, 0.1) is 22.0 Å². The molecule has 10 heteroatoms. The fourth-order valence-electron chi connectivity index (χ4n) is 4.65. The van der Waals surface area contributed by atoms with Gasteiger partial charge in [-0.25, -0.2) is 19.0 Å². The number of hydrogen-bond donors (Lipinski definition) is 0. The maximum Gasteiger partial charge on any atom is 0.311 e. The summed E-state index contributed by atoms with van der Waals surface area (Å²) in [7, 11) is 0. The number of nitro groups is 1. The van der Waals surface area contributed by atoms with Crippen molar-refractivity contribution in [3.8, 4) is 22.8 Å². The number of halogens is 1. The Bertz CT molecular complexity index is 1410. The van der Waals surface area contributed by atoms with Gasteiger partial charge in [-0.2, -0.15) is 5.10 Å². The van der Waals surface area contributed by atoms with Gasteiger partial charge in [-0.05, 0) is 51.1 Å². The number of hydrogen-bond acceptors (Lipinski definition) is 7. The van der Waals surface area contributed by atoms with Gasteiger partial charge in [0.25, 0.3) is 0 Å². The Labute approximate surface area is 201 Å². The molecule has 9 nitrogen and oxygen atoms in total. The molecule has 0 bridgehead atoms. The van der Waals surface area contributed by atoms with Crippen molar-refractivity contribution in [1.29, 1.82) is 0 Å². The van der Waals surface area contributed by atoms with Crippen molar-refractivity contribution in [3.05, 3.63) is 70.4 Å². The van der Waals surface area contributed by atoms with Gasteiger partial charge in [-0.3, -0.25) is 10.1 Å². The van der Waals surface area contributed by atoms with Crippen molar-refractivity contribution in [1.82, 2.24) is 24.6 Å². The van der Waals surface area contributed by atoms with Crippen LogP contribution in [0.25, 0.3) is 22.3 Å². The first kappa shape index (κ1) is 22.9. The molecule has 1 atom stereocenters. The summed E-state index contributed by atoms with van der Waals surface area (Å²) in [5.41, 5.74) is 1.99. The molecule has 5 rings (SSSR count). The summed E-state index contributed by atoms with van der Waals surface area (Å²) in [5.74, 6) is -0.348. The molecular weight excluding hydrogens is 451 g/mol. The third-order valence-corrected chi connectivity index (χ3v) is 6.44. The van der Waals surface area contributed by atoms with Gasteiger partial charge in [0, 0.05) is 24.2 Å². The number of nitrogens with zero attached hydrogens (tertiary/aromatic N) is 6. The van der Waals surface area contributed by atoms with Crippen LogP contribution >= 0.6 is 0 Å². The summed E-state index contributed by atoms with van der Waals surface area (Å²) in [4.78, 5) is 21.9. The molecule has 0 N–H and O–H groups in total. The first-order chi connectivity index (χ1) is 17.0. The van der Waals surface area contributed by atoms with Crippen LogP contribution in [-0.2, 0) is 0 Å². The lowest BCUT2D eigenvalue weighted by Gasteiger charge is -2.31. The van der Waals surface area contributed by atoms with Gasteiger partial charge in [0.2, 0.25) is 5.75 Å². The summed E-state index contributed by atoms with van der Waals surface area (Å²) in [6.45, 7) is 6.89. The molecule has 0 amide bonds. The molecule has 0 spiro atoms. The van der Waals surface area contributed by atoms with Crippen LogP contribution in [0.4, 0.5) is 10.1 Å². The molecule has 1 fully saturated rings. The summed E-state index contributed by atoms with van der Waals surface area (Å²) in [6, 6.07) is 10.5. The van der Waals surface area contributed by atoms with E-state index in [0.717, 1.165) is 38.2 Å². The standard InChI is InChI=1S/C25H25FN6O3/c1-3-30-12-6-7-17(14-30)31-25-23(16(2)27-15-28-25)24(29-31)19-11-10-18(13-20(19)26)35-22-9-5-4-8-21(22)32(33)34/h4-5,8-11,13,15,17H,3,6-7,12,14H2,1-2H3. The van der Waals surface area contributed by atoms with Crippen LogP contribution in [0.15, 0.2) is 48.8 Å². The highest BCUT2D eigenvalue weighted by Crippen LogP contribution is 2.36. The lowest BCUT2D eigenvalue weighted by atomic mass is 10.1. The van der Waals surface area contributed by atoms with Crippen LogP contribution in [0.1, 0.15) is 31.5 Å². The third-order valence-electron chi connectivity index (χ3n) is 6.44. The highest BCUT2D eigenvalue weighted by molar-refractivity contribution is 5.93. The van der Waals surface area contributed by atoms with Crippen molar-refractivity contribution >= 4 is 16.7 Å². The van der Waals surface area contributed by atoms with Gasteiger partial charge < -0.3 is 9.64 Å². The predicted octanol–water partition coefficient (Wildman–Crippen LogP) is 5.30. The molecular formula is C25H25FN6O3. The fraction of sp³-hybridized carbons (Fsp3) is 0.320. The van der Waals surface area contributed by atoms with Crippen molar-refractivity contribution in [2.45, 2.75) is 32.7 Å². The van der Waals surface area contributed by atoms with E-state index < -0.39 is 10.7 Å². The Hall–Kier alpha value is -3.92. The third kappa shape index (κ3) is 4.32. The minimum absolute atomic E-state index is 0.0430. The second-order valence-electron chi connectivity index (χ2n) is 8.61. The van der Waals surface area contributed by atoms with E-state index in [4.69, 9.17) is 9.84 Å². The lowest BCUT2D eigenvalue weighted by Crippen LogP contribution is -2.36. The van der Waals surface area contributed by atoms with E-state index in [1.54, 1.807) is 24.3 Å². The molecule has 1 aliphatic rings. The van der Waals surface area contributed by atoms with Crippen molar-refractivity contribution in [2.75, 3.05) is 19.6 Å². The molecule has 1 unspecified atom stereocenters. The number of fused-ring (bicyclic) bond motifs is 1. The Balaban J connectivity index is 1.54. The van der Waals surface area contributed by atoms with Gasteiger partial charge in [0.1, 0.15) is 23.6 Å². The van der Waals surface area contributed by atoms with E-state index in [0.29, 0.717) is 22.3 Å². The molecule has 1 saturated heterocycles. The zero-order chi connectivity index (χ0) is 24.5. The summed E-state index contributed by atoms with van der Waals surface area (Å²) in [5, 5.41) is 16.8. The molecule has 3 heterocycles. The smallest absolute Gasteiger partial charge is 0.311 e. The maximum atomic E-state index is 15.4. The van der Waals surface area contributed by atoms with Gasteiger partial charge in [-0.1, -0.05) is 19.1 Å². The zero-order valence-electron chi connectivity index (χ0n) is 19.5. The van der Waals surface area contributed by atoms with Crippen molar-refractivity contribution < 1.29 is 14.1 Å². The number of aromatic nitrogens is 4. The number of ether oxygens (including phenoxy) is 1. The maximum absolute atomic E-state index is 15.4. The normalized spacial score (nSPS) is 16.5. The van der Waals surface area contributed by atoms with E-state index in [1.165, 1.54) is 24.5 Å². The molecule has 0 saturated carbocycles. The Morgan fingerprint density at radius 1 is 1.23 bits per heavy atom. The largest absolute Gasteiger partial charge is 0.450 e. The molecule has 180 valence electrons. The molecule has 4 aromatic rings. The number of benzene rings is 2. The van der Waals surface area contributed by atoms with Crippen LogP contribution < -0.4 is 4.74 Å².